The highest BCUT2D eigenvalue weighted by atomic mass is 16.5. The van der Waals surface area contributed by atoms with Crippen LogP contribution in [0.25, 0.3) is 11.7 Å². The Hall–Kier alpha value is -2.50. The third kappa shape index (κ3) is 2.74. The maximum atomic E-state index is 11.8. The van der Waals surface area contributed by atoms with E-state index in [1.807, 2.05) is 6.92 Å². The van der Waals surface area contributed by atoms with E-state index in [0.717, 1.165) is 5.69 Å². The van der Waals surface area contributed by atoms with Gasteiger partial charge in [-0.2, -0.15) is 5.10 Å². The molecule has 0 saturated heterocycles. The molecule has 20 heavy (non-hydrogen) atoms. The van der Waals surface area contributed by atoms with Gasteiger partial charge >= 0.3 is 5.97 Å². The van der Waals surface area contributed by atoms with Crippen molar-refractivity contribution in [2.24, 2.45) is 0 Å². The molecule has 0 bridgehead atoms. The van der Waals surface area contributed by atoms with E-state index in [0.29, 0.717) is 23.5 Å². The van der Waals surface area contributed by atoms with Crippen LogP contribution in [0.3, 0.4) is 0 Å². The Morgan fingerprint density at radius 1 is 1.45 bits per heavy atom. The van der Waals surface area contributed by atoms with Gasteiger partial charge in [0.25, 0.3) is 0 Å². The first kappa shape index (κ1) is 13.9. The molecule has 6 heteroatoms. The molecule has 0 N–H and O–H groups in total. The van der Waals surface area contributed by atoms with Crippen LogP contribution in [0.1, 0.15) is 35.6 Å². The molecule has 0 aromatic carbocycles. The Morgan fingerprint density at radius 3 is 2.85 bits per heavy atom. The smallest absolute Gasteiger partial charge is 0.343 e. The molecule has 0 radical (unpaired) electrons. The van der Waals surface area contributed by atoms with Gasteiger partial charge in [0.1, 0.15) is 5.56 Å². The number of carbonyl (C=O) groups excluding carboxylic acids is 2. The van der Waals surface area contributed by atoms with E-state index in [1.165, 1.54) is 19.2 Å². The number of ether oxygens (including phenoxy) is 1. The second kappa shape index (κ2) is 5.64. The van der Waals surface area contributed by atoms with E-state index in [9.17, 15) is 9.59 Å². The first-order valence-electron chi connectivity index (χ1n) is 6.24. The van der Waals surface area contributed by atoms with Crippen molar-refractivity contribution in [1.82, 2.24) is 14.6 Å². The molecule has 2 aromatic heterocycles. The fourth-order valence-electron chi connectivity index (χ4n) is 1.78. The summed E-state index contributed by atoms with van der Waals surface area (Å²) in [5.74, 6) is -0.523. The number of ketones is 1. The van der Waals surface area contributed by atoms with Gasteiger partial charge in [0.05, 0.1) is 18.5 Å². The molecule has 0 saturated carbocycles. The highest BCUT2D eigenvalue weighted by Crippen LogP contribution is 2.14. The monoisotopic (exact) mass is 273 g/mol. The predicted octanol–water partition coefficient (Wildman–Crippen LogP) is 1.82. The number of rotatable bonds is 4. The summed E-state index contributed by atoms with van der Waals surface area (Å²) in [4.78, 5) is 27.1. The second-order valence-electron chi connectivity index (χ2n) is 4.28. The highest BCUT2D eigenvalue weighted by molar-refractivity contribution is 5.96. The predicted molar refractivity (Wildman–Crippen MR) is 73.4 cm³/mol. The van der Waals surface area contributed by atoms with E-state index >= 15 is 0 Å². The quantitative estimate of drug-likeness (QED) is 0.627. The van der Waals surface area contributed by atoms with Crippen molar-refractivity contribution >= 4 is 23.5 Å². The Morgan fingerprint density at radius 2 is 2.20 bits per heavy atom. The summed E-state index contributed by atoms with van der Waals surface area (Å²) >= 11 is 0. The fraction of sp³-hybridized carbons (Fsp3) is 0.286. The number of nitrogens with zero attached hydrogens (tertiary/aromatic N) is 3. The molecule has 0 unspecified atom stereocenters. The number of hydrogen-bond acceptors (Lipinski definition) is 5. The molecule has 2 heterocycles. The number of esters is 1. The minimum Gasteiger partial charge on any atom is -0.462 e. The molecule has 0 aliphatic carbocycles. The van der Waals surface area contributed by atoms with Crippen molar-refractivity contribution < 1.29 is 14.3 Å². The topological polar surface area (TPSA) is 73.6 Å². The van der Waals surface area contributed by atoms with Gasteiger partial charge in [-0.3, -0.25) is 4.79 Å². The highest BCUT2D eigenvalue weighted by Gasteiger charge is 2.16. The lowest BCUT2D eigenvalue weighted by Crippen LogP contribution is -2.06. The standard InChI is InChI=1S/C14H15N3O3/c1-4-20-14(19)12-8-15-17-9(2)7-11(16-13(12)17)6-5-10(3)18/h5-8H,4H2,1-3H3/b6-5+. The van der Waals surface area contributed by atoms with Gasteiger partial charge in [0, 0.05) is 5.69 Å². The van der Waals surface area contributed by atoms with Crippen molar-refractivity contribution in [2.75, 3.05) is 6.61 Å². The molecule has 0 aliphatic rings. The van der Waals surface area contributed by atoms with E-state index in [4.69, 9.17) is 4.74 Å². The third-order valence-corrected chi connectivity index (χ3v) is 2.65. The summed E-state index contributed by atoms with van der Waals surface area (Å²) in [5.41, 5.74) is 2.14. The van der Waals surface area contributed by atoms with Gasteiger partial charge in [0.15, 0.2) is 11.4 Å². The van der Waals surface area contributed by atoms with Crippen molar-refractivity contribution in [3.63, 3.8) is 0 Å². The van der Waals surface area contributed by atoms with Crippen LogP contribution in [0.5, 0.6) is 0 Å². The SMILES string of the molecule is CCOC(=O)c1cnn2c(C)cc(/C=C/C(C)=O)nc12. The molecular weight excluding hydrogens is 258 g/mol. The van der Waals surface area contributed by atoms with Crippen LogP contribution in [-0.4, -0.2) is 33.0 Å². The average Bonchev–Trinajstić information content (AvgIpc) is 2.81. The van der Waals surface area contributed by atoms with Crippen molar-refractivity contribution in [1.29, 1.82) is 0 Å². The zero-order valence-corrected chi connectivity index (χ0v) is 11.6. The van der Waals surface area contributed by atoms with Crippen LogP contribution in [0, 0.1) is 6.92 Å². The summed E-state index contributed by atoms with van der Waals surface area (Å²) in [6, 6.07) is 1.79. The molecule has 0 fully saturated rings. The van der Waals surface area contributed by atoms with Gasteiger partial charge in [-0.1, -0.05) is 0 Å². The minimum absolute atomic E-state index is 0.0662. The summed E-state index contributed by atoms with van der Waals surface area (Å²) in [6.07, 6.45) is 4.47. The molecule has 0 amide bonds. The summed E-state index contributed by atoms with van der Waals surface area (Å²) in [7, 11) is 0. The summed E-state index contributed by atoms with van der Waals surface area (Å²) in [5, 5.41) is 4.12. The second-order valence-corrected chi connectivity index (χ2v) is 4.28. The van der Waals surface area contributed by atoms with Gasteiger partial charge < -0.3 is 4.74 Å². The van der Waals surface area contributed by atoms with Gasteiger partial charge in [0.2, 0.25) is 0 Å². The maximum Gasteiger partial charge on any atom is 0.343 e. The Bertz CT molecular complexity index is 701. The van der Waals surface area contributed by atoms with Crippen LogP contribution in [0.15, 0.2) is 18.3 Å². The van der Waals surface area contributed by atoms with Crippen LogP contribution in [0.4, 0.5) is 0 Å². The molecule has 104 valence electrons. The molecule has 0 spiro atoms. The van der Waals surface area contributed by atoms with Crippen molar-refractivity contribution in [2.45, 2.75) is 20.8 Å². The van der Waals surface area contributed by atoms with Gasteiger partial charge in [-0.15, -0.1) is 0 Å². The van der Waals surface area contributed by atoms with Crippen LogP contribution in [0.2, 0.25) is 0 Å². The van der Waals surface area contributed by atoms with Crippen LogP contribution in [-0.2, 0) is 9.53 Å². The molecule has 6 nitrogen and oxygen atoms in total. The van der Waals surface area contributed by atoms with Crippen LogP contribution >= 0.6 is 0 Å². The van der Waals surface area contributed by atoms with E-state index in [2.05, 4.69) is 10.1 Å². The largest absolute Gasteiger partial charge is 0.462 e. The fourth-order valence-corrected chi connectivity index (χ4v) is 1.78. The minimum atomic E-state index is -0.456. The van der Waals surface area contributed by atoms with Crippen LogP contribution < -0.4 is 0 Å². The summed E-state index contributed by atoms with van der Waals surface area (Å²) < 4.78 is 6.53. The van der Waals surface area contributed by atoms with E-state index in [1.54, 1.807) is 23.6 Å². The summed E-state index contributed by atoms with van der Waals surface area (Å²) in [6.45, 7) is 5.34. The number of carbonyl (C=O) groups is 2. The normalized spacial score (nSPS) is 11.2. The molecular formula is C14H15N3O3. The first-order chi connectivity index (χ1) is 9.52. The lowest BCUT2D eigenvalue weighted by Gasteiger charge is -2.03. The molecule has 2 aromatic rings. The average molecular weight is 273 g/mol. The Kier molecular flexibility index (Phi) is 3.93. The van der Waals surface area contributed by atoms with Crippen molar-refractivity contribution in [3.05, 3.63) is 35.3 Å². The Labute approximate surface area is 116 Å². The van der Waals surface area contributed by atoms with Crippen molar-refractivity contribution in [3.8, 4) is 0 Å². The third-order valence-electron chi connectivity index (χ3n) is 2.65. The number of aryl methyl sites for hydroxylation is 1. The van der Waals surface area contributed by atoms with E-state index in [-0.39, 0.29) is 5.78 Å². The zero-order valence-electron chi connectivity index (χ0n) is 11.6. The maximum absolute atomic E-state index is 11.8. The lowest BCUT2D eigenvalue weighted by atomic mass is 10.2. The number of fused-ring (bicyclic) bond motifs is 1. The number of aromatic nitrogens is 3. The molecule has 0 atom stereocenters. The number of hydrogen-bond donors (Lipinski definition) is 0. The Balaban J connectivity index is 2.53. The van der Waals surface area contributed by atoms with Gasteiger partial charge in [-0.05, 0) is 39.0 Å². The van der Waals surface area contributed by atoms with Gasteiger partial charge in [-0.25, -0.2) is 14.3 Å². The molecule has 0 aliphatic heterocycles. The number of allylic oxidation sites excluding steroid dienone is 1. The van der Waals surface area contributed by atoms with E-state index < -0.39 is 5.97 Å². The first-order valence-corrected chi connectivity index (χ1v) is 6.24. The molecule has 2 rings (SSSR count). The zero-order chi connectivity index (χ0) is 14.7. The lowest BCUT2D eigenvalue weighted by molar-refractivity contribution is -0.112.